The van der Waals surface area contributed by atoms with E-state index in [-0.39, 0.29) is 6.04 Å². The Morgan fingerprint density at radius 2 is 1.82 bits per heavy atom. The summed E-state index contributed by atoms with van der Waals surface area (Å²) in [6, 6.07) is 10.1. The molecule has 28 heavy (non-hydrogen) atoms. The van der Waals surface area contributed by atoms with Crippen LogP contribution in [0.4, 0.5) is 5.82 Å². The normalized spacial score (nSPS) is 12.3. The third-order valence-electron chi connectivity index (χ3n) is 4.64. The Labute approximate surface area is 163 Å². The van der Waals surface area contributed by atoms with E-state index in [1.165, 1.54) is 0 Å². The predicted molar refractivity (Wildman–Crippen MR) is 110 cm³/mol. The van der Waals surface area contributed by atoms with E-state index in [0.29, 0.717) is 5.82 Å². The van der Waals surface area contributed by atoms with Crippen molar-refractivity contribution in [2.45, 2.75) is 33.2 Å². The first kappa shape index (κ1) is 18.0. The summed E-state index contributed by atoms with van der Waals surface area (Å²) in [5.74, 6) is 1.45. The molecule has 0 saturated carbocycles. The Morgan fingerprint density at radius 1 is 1.04 bits per heavy atom. The lowest BCUT2D eigenvalue weighted by atomic mass is 10.1. The van der Waals surface area contributed by atoms with Crippen molar-refractivity contribution in [2.75, 3.05) is 5.32 Å². The van der Waals surface area contributed by atoms with E-state index in [2.05, 4.69) is 33.4 Å². The van der Waals surface area contributed by atoms with Crippen LogP contribution in [0.3, 0.4) is 0 Å². The number of hydrogen-bond acceptors (Lipinski definition) is 6. The van der Waals surface area contributed by atoms with Crippen LogP contribution in [0.25, 0.3) is 22.4 Å². The Bertz CT molecular complexity index is 1120. The molecule has 1 unspecified atom stereocenters. The van der Waals surface area contributed by atoms with Crippen LogP contribution in [0, 0.1) is 13.8 Å². The summed E-state index contributed by atoms with van der Waals surface area (Å²) in [4.78, 5) is 18.3. The largest absolute Gasteiger partial charge is 0.366 e. The van der Waals surface area contributed by atoms with Crippen molar-refractivity contribution in [3.05, 3.63) is 59.8 Å². The fourth-order valence-electron chi connectivity index (χ4n) is 3.38. The zero-order valence-corrected chi connectivity index (χ0v) is 16.5. The third kappa shape index (κ3) is 3.55. The minimum Gasteiger partial charge on any atom is -0.366 e. The van der Waals surface area contributed by atoms with Crippen molar-refractivity contribution in [2.24, 2.45) is 7.05 Å². The summed E-state index contributed by atoms with van der Waals surface area (Å²) in [6.45, 7) is 6.13. The van der Waals surface area contributed by atoms with Gasteiger partial charge >= 0.3 is 0 Å². The predicted octanol–water partition coefficient (Wildman–Crippen LogP) is 3.48. The molecule has 1 atom stereocenters. The molecule has 7 heteroatoms. The van der Waals surface area contributed by atoms with Gasteiger partial charge in [-0.25, -0.2) is 9.97 Å². The van der Waals surface area contributed by atoms with Crippen LogP contribution in [0.1, 0.15) is 24.0 Å². The molecule has 4 aromatic rings. The maximum atomic E-state index is 4.82. The monoisotopic (exact) mass is 373 g/mol. The Morgan fingerprint density at radius 3 is 2.57 bits per heavy atom. The highest BCUT2D eigenvalue weighted by Crippen LogP contribution is 2.27. The van der Waals surface area contributed by atoms with Gasteiger partial charge in [-0.05, 0) is 45.0 Å². The summed E-state index contributed by atoms with van der Waals surface area (Å²) in [5, 5.41) is 9.04. The first-order valence-corrected chi connectivity index (χ1v) is 9.32. The second-order valence-electron chi connectivity index (χ2n) is 7.06. The smallest absolute Gasteiger partial charge is 0.164 e. The first-order valence-electron chi connectivity index (χ1n) is 9.32. The summed E-state index contributed by atoms with van der Waals surface area (Å²) >= 11 is 0. The SMILES string of the molecule is Cc1cccc(CC(C)Nc2nc(-c3ccncc3)nc3c2c(C)nn3C)n1. The summed E-state index contributed by atoms with van der Waals surface area (Å²) in [7, 11) is 1.91. The van der Waals surface area contributed by atoms with E-state index in [9.17, 15) is 0 Å². The van der Waals surface area contributed by atoms with Crippen molar-refractivity contribution in [3.8, 4) is 11.4 Å². The zero-order valence-electron chi connectivity index (χ0n) is 16.5. The fraction of sp³-hybridized carbons (Fsp3) is 0.286. The topological polar surface area (TPSA) is 81.4 Å². The molecule has 1 N–H and O–H groups in total. The van der Waals surface area contributed by atoms with E-state index in [4.69, 9.17) is 9.97 Å². The van der Waals surface area contributed by atoms with Gasteiger partial charge in [0.15, 0.2) is 11.5 Å². The number of anilines is 1. The van der Waals surface area contributed by atoms with Crippen molar-refractivity contribution in [1.29, 1.82) is 0 Å². The molecule has 0 radical (unpaired) electrons. The van der Waals surface area contributed by atoms with Crippen molar-refractivity contribution in [3.63, 3.8) is 0 Å². The Hall–Kier alpha value is -3.35. The summed E-state index contributed by atoms with van der Waals surface area (Å²) in [6.07, 6.45) is 4.30. The van der Waals surface area contributed by atoms with Crippen LogP contribution in [-0.4, -0.2) is 35.8 Å². The van der Waals surface area contributed by atoms with Gasteiger partial charge in [0.1, 0.15) is 5.82 Å². The maximum absolute atomic E-state index is 4.82. The number of rotatable bonds is 5. The van der Waals surface area contributed by atoms with E-state index < -0.39 is 0 Å². The van der Waals surface area contributed by atoms with Crippen LogP contribution in [0.2, 0.25) is 0 Å². The number of pyridine rings is 2. The Balaban J connectivity index is 1.72. The fourth-order valence-corrected chi connectivity index (χ4v) is 3.38. The van der Waals surface area contributed by atoms with Gasteiger partial charge in [-0.2, -0.15) is 5.10 Å². The average Bonchev–Trinajstić information content (AvgIpc) is 2.96. The van der Waals surface area contributed by atoms with Gasteiger partial charge in [0.05, 0.1) is 11.1 Å². The minimum atomic E-state index is 0.150. The molecule has 0 amide bonds. The average molecular weight is 373 g/mol. The quantitative estimate of drug-likeness (QED) is 0.577. The van der Waals surface area contributed by atoms with Gasteiger partial charge in [-0.1, -0.05) is 6.07 Å². The molecular weight excluding hydrogens is 350 g/mol. The zero-order chi connectivity index (χ0) is 19.7. The van der Waals surface area contributed by atoms with Crippen LogP contribution in [0.15, 0.2) is 42.7 Å². The van der Waals surface area contributed by atoms with Crippen LogP contribution >= 0.6 is 0 Å². The lowest BCUT2D eigenvalue weighted by molar-refractivity contribution is 0.762. The van der Waals surface area contributed by atoms with Gasteiger partial charge in [0, 0.05) is 48.9 Å². The second-order valence-corrected chi connectivity index (χ2v) is 7.06. The highest BCUT2D eigenvalue weighted by molar-refractivity contribution is 5.91. The van der Waals surface area contributed by atoms with Crippen molar-refractivity contribution >= 4 is 16.9 Å². The number of hydrogen-bond donors (Lipinski definition) is 1. The van der Waals surface area contributed by atoms with E-state index >= 15 is 0 Å². The number of nitrogens with zero attached hydrogens (tertiary/aromatic N) is 6. The molecule has 142 valence electrons. The van der Waals surface area contributed by atoms with E-state index in [0.717, 1.165) is 45.9 Å². The highest BCUT2D eigenvalue weighted by atomic mass is 15.3. The molecule has 0 saturated heterocycles. The van der Waals surface area contributed by atoms with Crippen LogP contribution in [0.5, 0.6) is 0 Å². The van der Waals surface area contributed by atoms with Gasteiger partial charge in [0.25, 0.3) is 0 Å². The molecule has 4 rings (SSSR count). The molecule has 0 aliphatic heterocycles. The highest BCUT2D eigenvalue weighted by Gasteiger charge is 2.17. The third-order valence-corrected chi connectivity index (χ3v) is 4.64. The van der Waals surface area contributed by atoms with Crippen molar-refractivity contribution in [1.82, 2.24) is 29.7 Å². The van der Waals surface area contributed by atoms with E-state index in [1.807, 2.05) is 45.2 Å². The summed E-state index contributed by atoms with van der Waals surface area (Å²) in [5.41, 5.74) is 4.72. The van der Waals surface area contributed by atoms with Crippen LogP contribution < -0.4 is 5.32 Å². The summed E-state index contributed by atoms with van der Waals surface area (Å²) < 4.78 is 1.80. The number of nitrogens with one attached hydrogen (secondary N) is 1. The maximum Gasteiger partial charge on any atom is 0.164 e. The molecule has 4 heterocycles. The molecule has 0 aromatic carbocycles. The molecule has 7 nitrogen and oxygen atoms in total. The second kappa shape index (κ2) is 7.34. The Kier molecular flexibility index (Phi) is 4.73. The standard InChI is InChI=1S/C21H23N7/c1-13-6-5-7-17(23-13)12-14(2)24-20-18-15(3)27-28(4)21(18)26-19(25-20)16-8-10-22-11-9-16/h5-11,14H,12H2,1-4H3,(H,24,25,26). The first-order chi connectivity index (χ1) is 13.5. The van der Waals surface area contributed by atoms with Crippen molar-refractivity contribution < 1.29 is 0 Å². The number of aromatic nitrogens is 6. The van der Waals surface area contributed by atoms with E-state index in [1.54, 1.807) is 17.1 Å². The minimum absolute atomic E-state index is 0.150. The molecule has 0 spiro atoms. The molecule has 0 aliphatic rings. The van der Waals surface area contributed by atoms with Gasteiger partial charge in [0.2, 0.25) is 0 Å². The molecular formula is C21H23N7. The molecule has 0 fully saturated rings. The molecule has 0 bridgehead atoms. The van der Waals surface area contributed by atoms with Gasteiger partial charge < -0.3 is 5.32 Å². The number of fused-ring (bicyclic) bond motifs is 1. The lowest BCUT2D eigenvalue weighted by Gasteiger charge is -2.16. The molecule has 4 aromatic heterocycles. The molecule has 0 aliphatic carbocycles. The van der Waals surface area contributed by atoms with Gasteiger partial charge in [-0.3, -0.25) is 14.6 Å². The number of aryl methyl sites for hydroxylation is 3. The van der Waals surface area contributed by atoms with Crippen LogP contribution in [-0.2, 0) is 13.5 Å². The lowest BCUT2D eigenvalue weighted by Crippen LogP contribution is -2.20. The van der Waals surface area contributed by atoms with Gasteiger partial charge in [-0.15, -0.1) is 0 Å².